The van der Waals surface area contributed by atoms with Crippen LogP contribution in [0.25, 0.3) is 0 Å². The zero-order valence-corrected chi connectivity index (χ0v) is 11.2. The highest BCUT2D eigenvalue weighted by Gasteiger charge is 2.15. The molecule has 0 aromatic heterocycles. The topological polar surface area (TPSA) is 17.1 Å². The fraction of sp³-hybridized carbons (Fsp3) is 0.909. The van der Waals surface area contributed by atoms with Crippen LogP contribution in [0.4, 0.5) is 0 Å². The van der Waals surface area contributed by atoms with Crippen molar-refractivity contribution >= 4 is 27.4 Å². The average molecular weight is 234 g/mol. The number of carbonyl (C=O) groups is 1. The van der Waals surface area contributed by atoms with Crippen LogP contribution in [0, 0.1) is 0 Å². The normalized spacial score (nSPS) is 20.1. The molecular formula is C11H22OS2. The Kier molecular flexibility index (Phi) is 10.2. The summed E-state index contributed by atoms with van der Waals surface area (Å²) in [7, 11) is 4.03. The molecule has 14 heavy (non-hydrogen) atoms. The summed E-state index contributed by atoms with van der Waals surface area (Å²) >= 11 is 0. The van der Waals surface area contributed by atoms with E-state index in [4.69, 9.17) is 0 Å². The first-order valence-corrected chi connectivity index (χ1v) is 7.95. The van der Waals surface area contributed by atoms with Gasteiger partial charge in [0.25, 0.3) is 0 Å². The summed E-state index contributed by atoms with van der Waals surface area (Å²) in [6.45, 7) is 5.68. The Bertz CT molecular complexity index is 142. The summed E-state index contributed by atoms with van der Waals surface area (Å²) in [5.74, 6) is 1.66. The standard InChI is InChI=1S/C9H16OS2.C2H6/c1-8(10)4-2-3-5-9-6-7-11-12-9;1-2/h9H,2-7H2,1H3;1-2H3/t9-;/m1./s1. The third kappa shape index (κ3) is 7.74. The van der Waals surface area contributed by atoms with Crippen LogP contribution in [-0.2, 0) is 4.79 Å². The van der Waals surface area contributed by atoms with Gasteiger partial charge in [0, 0.05) is 17.4 Å². The van der Waals surface area contributed by atoms with Crippen molar-refractivity contribution in [1.82, 2.24) is 0 Å². The van der Waals surface area contributed by atoms with Crippen LogP contribution in [0.3, 0.4) is 0 Å². The molecule has 3 heteroatoms. The van der Waals surface area contributed by atoms with Gasteiger partial charge in [-0.15, -0.1) is 0 Å². The Balaban J connectivity index is 0.000000791. The van der Waals surface area contributed by atoms with E-state index in [-0.39, 0.29) is 0 Å². The van der Waals surface area contributed by atoms with Gasteiger partial charge in [-0.2, -0.15) is 0 Å². The zero-order chi connectivity index (χ0) is 10.8. The number of Topliss-reactive ketones (excluding diaryl/α,β-unsaturated/α-hetero) is 1. The molecular weight excluding hydrogens is 212 g/mol. The van der Waals surface area contributed by atoms with Crippen molar-refractivity contribution in [2.24, 2.45) is 0 Å². The molecule has 0 unspecified atom stereocenters. The predicted octanol–water partition coefficient (Wildman–Crippen LogP) is 4.32. The molecule has 0 spiro atoms. The average Bonchev–Trinajstić information content (AvgIpc) is 2.68. The molecule has 1 aliphatic rings. The number of hydrogen-bond donors (Lipinski definition) is 0. The minimum Gasteiger partial charge on any atom is -0.300 e. The van der Waals surface area contributed by atoms with E-state index in [0.29, 0.717) is 5.78 Å². The molecule has 1 aliphatic heterocycles. The number of unbranched alkanes of at least 4 members (excludes halogenated alkanes) is 1. The van der Waals surface area contributed by atoms with E-state index >= 15 is 0 Å². The summed E-state index contributed by atoms with van der Waals surface area (Å²) in [4.78, 5) is 10.6. The number of rotatable bonds is 5. The van der Waals surface area contributed by atoms with E-state index in [1.807, 2.05) is 35.4 Å². The molecule has 0 aromatic rings. The van der Waals surface area contributed by atoms with Gasteiger partial charge in [0.2, 0.25) is 0 Å². The van der Waals surface area contributed by atoms with Gasteiger partial charge in [0.15, 0.2) is 0 Å². The minimum atomic E-state index is 0.337. The Morgan fingerprint density at radius 2 is 2.07 bits per heavy atom. The minimum absolute atomic E-state index is 0.337. The molecule has 1 saturated heterocycles. The van der Waals surface area contributed by atoms with Crippen LogP contribution in [0.1, 0.15) is 52.9 Å². The maximum atomic E-state index is 10.6. The Labute approximate surface area is 96.2 Å². The van der Waals surface area contributed by atoms with Gasteiger partial charge in [-0.3, -0.25) is 0 Å². The molecule has 1 rings (SSSR count). The third-order valence-electron chi connectivity index (χ3n) is 2.03. The smallest absolute Gasteiger partial charge is 0.129 e. The van der Waals surface area contributed by atoms with Gasteiger partial charge in [0.05, 0.1) is 0 Å². The van der Waals surface area contributed by atoms with E-state index < -0.39 is 0 Å². The third-order valence-corrected chi connectivity index (χ3v) is 5.04. The van der Waals surface area contributed by atoms with Gasteiger partial charge in [-0.05, 0) is 26.2 Å². The second-order valence-corrected chi connectivity index (χ2v) is 6.06. The lowest BCUT2D eigenvalue weighted by atomic mass is 10.1. The van der Waals surface area contributed by atoms with Crippen molar-refractivity contribution in [1.29, 1.82) is 0 Å². The van der Waals surface area contributed by atoms with E-state index in [9.17, 15) is 4.79 Å². The van der Waals surface area contributed by atoms with Crippen LogP contribution >= 0.6 is 21.6 Å². The molecule has 0 amide bonds. The molecule has 1 fully saturated rings. The van der Waals surface area contributed by atoms with Crippen molar-refractivity contribution in [3.63, 3.8) is 0 Å². The SMILES string of the molecule is CC.CC(=O)CCCC[C@@H]1CCSS1. The van der Waals surface area contributed by atoms with Gasteiger partial charge >= 0.3 is 0 Å². The lowest BCUT2D eigenvalue weighted by molar-refractivity contribution is -0.117. The molecule has 1 atom stereocenters. The Hall–Kier alpha value is 0.370. The summed E-state index contributed by atoms with van der Waals surface area (Å²) in [5, 5.41) is 0.877. The molecule has 1 nitrogen and oxygen atoms in total. The molecule has 0 N–H and O–H groups in total. The summed E-state index contributed by atoms with van der Waals surface area (Å²) in [5.41, 5.74) is 0. The highest BCUT2D eigenvalue weighted by atomic mass is 33.1. The van der Waals surface area contributed by atoms with Gasteiger partial charge in [-0.25, -0.2) is 0 Å². The van der Waals surface area contributed by atoms with Crippen LogP contribution < -0.4 is 0 Å². The van der Waals surface area contributed by atoms with Crippen molar-refractivity contribution in [2.75, 3.05) is 5.75 Å². The molecule has 0 aliphatic carbocycles. The van der Waals surface area contributed by atoms with Crippen LogP contribution in [0.15, 0.2) is 0 Å². The first-order chi connectivity index (χ1) is 6.79. The number of carbonyl (C=O) groups excluding carboxylic acids is 1. The maximum absolute atomic E-state index is 10.6. The first-order valence-electron chi connectivity index (χ1n) is 5.57. The Morgan fingerprint density at radius 1 is 1.36 bits per heavy atom. The van der Waals surface area contributed by atoms with Crippen LogP contribution in [0.2, 0.25) is 0 Å². The van der Waals surface area contributed by atoms with E-state index in [0.717, 1.165) is 18.1 Å². The quantitative estimate of drug-likeness (QED) is 0.521. The van der Waals surface area contributed by atoms with E-state index in [1.165, 1.54) is 25.0 Å². The second kappa shape index (κ2) is 9.91. The van der Waals surface area contributed by atoms with Crippen LogP contribution in [0.5, 0.6) is 0 Å². The number of ketones is 1. The van der Waals surface area contributed by atoms with Crippen LogP contribution in [-0.4, -0.2) is 16.8 Å². The monoisotopic (exact) mass is 234 g/mol. The predicted molar refractivity (Wildman–Crippen MR) is 69.0 cm³/mol. The molecule has 0 aromatic carbocycles. The van der Waals surface area contributed by atoms with Crippen molar-refractivity contribution in [2.45, 2.75) is 58.1 Å². The lowest BCUT2D eigenvalue weighted by Gasteiger charge is -2.05. The zero-order valence-electron chi connectivity index (χ0n) is 9.54. The van der Waals surface area contributed by atoms with Crippen molar-refractivity contribution in [3.05, 3.63) is 0 Å². The highest BCUT2D eigenvalue weighted by Crippen LogP contribution is 2.39. The van der Waals surface area contributed by atoms with Gasteiger partial charge < -0.3 is 4.79 Å². The fourth-order valence-corrected chi connectivity index (χ4v) is 4.34. The first kappa shape index (κ1) is 14.4. The fourth-order valence-electron chi connectivity index (χ4n) is 1.31. The molecule has 1 heterocycles. The second-order valence-electron chi connectivity index (χ2n) is 3.28. The van der Waals surface area contributed by atoms with E-state index in [1.54, 1.807) is 6.92 Å². The van der Waals surface area contributed by atoms with Gasteiger partial charge in [0.1, 0.15) is 5.78 Å². The number of hydrogen-bond acceptors (Lipinski definition) is 3. The molecule has 0 radical (unpaired) electrons. The lowest BCUT2D eigenvalue weighted by Crippen LogP contribution is -1.98. The summed E-state index contributed by atoms with van der Waals surface area (Å²) in [6, 6.07) is 0. The maximum Gasteiger partial charge on any atom is 0.129 e. The molecule has 84 valence electrons. The summed E-state index contributed by atoms with van der Waals surface area (Å²) in [6.07, 6.45) is 5.79. The summed E-state index contributed by atoms with van der Waals surface area (Å²) < 4.78 is 0. The van der Waals surface area contributed by atoms with Crippen molar-refractivity contribution < 1.29 is 4.79 Å². The van der Waals surface area contributed by atoms with Gasteiger partial charge in [-0.1, -0.05) is 41.9 Å². The van der Waals surface area contributed by atoms with E-state index in [2.05, 4.69) is 0 Å². The van der Waals surface area contributed by atoms with Crippen molar-refractivity contribution in [3.8, 4) is 0 Å². The highest BCUT2D eigenvalue weighted by molar-refractivity contribution is 8.77. The largest absolute Gasteiger partial charge is 0.300 e. The Morgan fingerprint density at radius 3 is 2.57 bits per heavy atom. The molecule has 0 saturated carbocycles. The molecule has 0 bridgehead atoms.